The minimum Gasteiger partial charge on any atom is -0.481 e. The Hall–Kier alpha value is -1.56. The van der Waals surface area contributed by atoms with Crippen molar-refractivity contribution in [2.45, 2.75) is 12.5 Å². The average Bonchev–Trinajstić information content (AvgIpc) is 2.50. The number of methoxy groups -OCH3 is 1. The first-order valence-electron chi connectivity index (χ1n) is 3.61. The van der Waals surface area contributed by atoms with Crippen molar-refractivity contribution in [2.75, 3.05) is 7.11 Å². The highest BCUT2D eigenvalue weighted by molar-refractivity contribution is 5.67. The third kappa shape index (κ3) is 2.45. The maximum Gasteiger partial charge on any atom is 0.305 e. The van der Waals surface area contributed by atoms with Gasteiger partial charge in [0.25, 0.3) is 5.88 Å². The van der Waals surface area contributed by atoms with E-state index in [1.165, 1.54) is 13.2 Å². The topological polar surface area (TPSA) is 98.6 Å². The molecule has 0 saturated carbocycles. The van der Waals surface area contributed by atoms with Gasteiger partial charge in [-0.15, -0.1) is 0 Å². The van der Waals surface area contributed by atoms with Crippen LogP contribution in [0.25, 0.3) is 0 Å². The molecule has 1 atom stereocenters. The number of carbonyl (C=O) groups is 1. The molecule has 0 bridgehead atoms. The second-order valence-electron chi connectivity index (χ2n) is 2.48. The van der Waals surface area contributed by atoms with Crippen LogP contribution >= 0.6 is 0 Å². The number of rotatable bonds is 4. The lowest BCUT2D eigenvalue weighted by atomic mass is 10.2. The van der Waals surface area contributed by atoms with Crippen molar-refractivity contribution in [2.24, 2.45) is 5.73 Å². The molecular formula is C7H10N2O4. The largest absolute Gasteiger partial charge is 0.481 e. The van der Waals surface area contributed by atoms with E-state index < -0.39 is 12.0 Å². The monoisotopic (exact) mass is 186 g/mol. The van der Waals surface area contributed by atoms with Crippen LogP contribution in [0.15, 0.2) is 10.6 Å². The van der Waals surface area contributed by atoms with E-state index in [-0.39, 0.29) is 12.3 Å². The molecule has 0 aliphatic heterocycles. The molecule has 1 aromatic rings. The van der Waals surface area contributed by atoms with Crippen molar-refractivity contribution in [1.29, 1.82) is 0 Å². The van der Waals surface area contributed by atoms with E-state index in [1.54, 1.807) is 0 Å². The number of hydrogen-bond acceptors (Lipinski definition) is 5. The number of nitrogens with two attached hydrogens (primary N) is 1. The molecular weight excluding hydrogens is 176 g/mol. The number of nitrogens with zero attached hydrogens (tertiary/aromatic N) is 1. The summed E-state index contributed by atoms with van der Waals surface area (Å²) in [6.07, 6.45) is -0.196. The molecule has 0 radical (unpaired) electrons. The molecule has 1 rings (SSSR count). The standard InChI is InChI=1S/C7H10N2O4/c1-12-6-3-5(13-9-6)4(8)2-7(10)11/h3-4H,2,8H2,1H3,(H,10,11). The second kappa shape index (κ2) is 3.90. The Balaban J connectivity index is 2.65. The Morgan fingerprint density at radius 3 is 3.08 bits per heavy atom. The highest BCUT2D eigenvalue weighted by Crippen LogP contribution is 2.18. The van der Waals surface area contributed by atoms with Crippen LogP contribution in [0, 0.1) is 0 Å². The van der Waals surface area contributed by atoms with Crippen molar-refractivity contribution in [3.63, 3.8) is 0 Å². The normalized spacial score (nSPS) is 12.5. The summed E-state index contributed by atoms with van der Waals surface area (Å²) in [5.74, 6) is -0.391. The van der Waals surface area contributed by atoms with E-state index in [4.69, 9.17) is 20.1 Å². The number of hydrogen-bond donors (Lipinski definition) is 2. The van der Waals surface area contributed by atoms with E-state index in [2.05, 4.69) is 5.16 Å². The van der Waals surface area contributed by atoms with Gasteiger partial charge in [0.2, 0.25) is 0 Å². The van der Waals surface area contributed by atoms with Gasteiger partial charge >= 0.3 is 5.97 Å². The van der Waals surface area contributed by atoms with Gasteiger partial charge in [-0.05, 0) is 5.16 Å². The van der Waals surface area contributed by atoms with Gasteiger partial charge in [-0.3, -0.25) is 4.79 Å². The summed E-state index contributed by atoms with van der Waals surface area (Å²) in [5.41, 5.74) is 5.49. The van der Waals surface area contributed by atoms with Crippen molar-refractivity contribution < 1.29 is 19.2 Å². The summed E-state index contributed by atoms with van der Waals surface area (Å²) in [7, 11) is 1.43. The van der Waals surface area contributed by atoms with Gasteiger partial charge in [0, 0.05) is 6.07 Å². The van der Waals surface area contributed by atoms with Crippen molar-refractivity contribution >= 4 is 5.97 Å². The molecule has 1 unspecified atom stereocenters. The second-order valence-corrected chi connectivity index (χ2v) is 2.48. The number of aliphatic carboxylic acids is 1. The third-order valence-corrected chi connectivity index (χ3v) is 1.48. The summed E-state index contributed by atoms with van der Waals surface area (Å²) in [5, 5.41) is 11.9. The molecule has 0 aliphatic rings. The molecule has 0 spiro atoms. The lowest BCUT2D eigenvalue weighted by Gasteiger charge is -2.01. The zero-order chi connectivity index (χ0) is 9.84. The SMILES string of the molecule is COc1cc(C(N)CC(=O)O)on1. The molecule has 3 N–H and O–H groups in total. The molecule has 0 aliphatic carbocycles. The first-order chi connectivity index (χ1) is 6.13. The molecule has 13 heavy (non-hydrogen) atoms. The molecule has 1 heterocycles. The van der Waals surface area contributed by atoms with Gasteiger partial charge in [-0.25, -0.2) is 0 Å². The fourth-order valence-corrected chi connectivity index (χ4v) is 0.832. The number of ether oxygens (including phenoxy) is 1. The van der Waals surface area contributed by atoms with E-state index >= 15 is 0 Å². The van der Waals surface area contributed by atoms with Crippen LogP contribution in [0.2, 0.25) is 0 Å². The predicted octanol–water partition coefficient (Wildman–Crippen LogP) is 0.158. The molecule has 0 aromatic carbocycles. The van der Waals surface area contributed by atoms with Crippen LogP contribution in [0.4, 0.5) is 0 Å². The van der Waals surface area contributed by atoms with E-state index in [9.17, 15) is 4.79 Å². The fraction of sp³-hybridized carbons (Fsp3) is 0.429. The van der Waals surface area contributed by atoms with Crippen LogP contribution in [0.5, 0.6) is 5.88 Å². The fourth-order valence-electron chi connectivity index (χ4n) is 0.832. The first-order valence-corrected chi connectivity index (χ1v) is 3.61. The molecule has 0 fully saturated rings. The van der Waals surface area contributed by atoms with Crippen molar-refractivity contribution in [3.05, 3.63) is 11.8 Å². The minimum atomic E-state index is -0.983. The van der Waals surface area contributed by atoms with E-state index in [0.717, 1.165) is 0 Å². The molecule has 1 aromatic heterocycles. The summed E-state index contributed by atoms with van der Waals surface area (Å²) < 4.78 is 9.50. The Morgan fingerprint density at radius 2 is 2.62 bits per heavy atom. The Bertz CT molecular complexity index is 296. The van der Waals surface area contributed by atoms with E-state index in [0.29, 0.717) is 5.76 Å². The van der Waals surface area contributed by atoms with Crippen LogP contribution in [0.3, 0.4) is 0 Å². The van der Waals surface area contributed by atoms with Gasteiger partial charge in [0.1, 0.15) is 0 Å². The zero-order valence-electron chi connectivity index (χ0n) is 7.06. The highest BCUT2D eigenvalue weighted by atomic mass is 16.5. The van der Waals surface area contributed by atoms with Crippen LogP contribution in [0.1, 0.15) is 18.2 Å². The average molecular weight is 186 g/mol. The smallest absolute Gasteiger partial charge is 0.305 e. The van der Waals surface area contributed by atoms with Crippen molar-refractivity contribution in [3.8, 4) is 5.88 Å². The molecule has 6 nitrogen and oxygen atoms in total. The summed E-state index contributed by atoms with van der Waals surface area (Å²) >= 11 is 0. The maximum atomic E-state index is 10.3. The number of carboxylic acids is 1. The van der Waals surface area contributed by atoms with Crippen molar-refractivity contribution in [1.82, 2.24) is 5.16 Å². The van der Waals surface area contributed by atoms with Gasteiger partial charge < -0.3 is 20.1 Å². The lowest BCUT2D eigenvalue weighted by Crippen LogP contribution is -2.14. The Morgan fingerprint density at radius 1 is 1.92 bits per heavy atom. The Labute approximate surface area is 74.3 Å². The molecule has 72 valence electrons. The number of aromatic nitrogens is 1. The van der Waals surface area contributed by atoms with Gasteiger partial charge in [0.15, 0.2) is 5.76 Å². The summed E-state index contributed by atoms with van der Waals surface area (Å²) in [6, 6.07) is 0.780. The summed E-state index contributed by atoms with van der Waals surface area (Å²) in [6.45, 7) is 0. The highest BCUT2D eigenvalue weighted by Gasteiger charge is 2.15. The van der Waals surface area contributed by atoms with Gasteiger partial charge in [-0.2, -0.15) is 0 Å². The third-order valence-electron chi connectivity index (χ3n) is 1.48. The number of carboxylic acid groups (broad SMARTS) is 1. The zero-order valence-corrected chi connectivity index (χ0v) is 7.06. The molecule has 6 heteroatoms. The Kier molecular flexibility index (Phi) is 2.86. The van der Waals surface area contributed by atoms with Crippen LogP contribution < -0.4 is 10.5 Å². The van der Waals surface area contributed by atoms with Gasteiger partial charge in [-0.1, -0.05) is 0 Å². The predicted molar refractivity (Wildman–Crippen MR) is 42.2 cm³/mol. The quantitative estimate of drug-likeness (QED) is 0.694. The first kappa shape index (κ1) is 9.53. The van der Waals surface area contributed by atoms with Crippen LogP contribution in [-0.4, -0.2) is 23.3 Å². The molecule has 0 amide bonds. The molecule has 0 saturated heterocycles. The van der Waals surface area contributed by atoms with Gasteiger partial charge in [0.05, 0.1) is 19.6 Å². The van der Waals surface area contributed by atoms with Crippen LogP contribution in [-0.2, 0) is 4.79 Å². The maximum absolute atomic E-state index is 10.3. The van der Waals surface area contributed by atoms with E-state index in [1.807, 2.05) is 0 Å². The summed E-state index contributed by atoms with van der Waals surface area (Å²) in [4.78, 5) is 10.3. The lowest BCUT2D eigenvalue weighted by molar-refractivity contribution is -0.137. The minimum absolute atomic E-state index is 0.196.